The third-order valence-corrected chi connectivity index (χ3v) is 10.3. The summed E-state index contributed by atoms with van der Waals surface area (Å²) < 4.78 is 0. The third kappa shape index (κ3) is 2.83. The van der Waals surface area contributed by atoms with E-state index < -0.39 is 7.26 Å². The number of hydrogen-bond acceptors (Lipinski definition) is 0. The highest BCUT2D eigenvalue weighted by molar-refractivity contribution is 7.89. The van der Waals surface area contributed by atoms with E-state index in [1.54, 1.807) is 21.7 Å². The first kappa shape index (κ1) is 16.6. The highest BCUT2D eigenvalue weighted by Gasteiger charge is 2.48. The lowest BCUT2D eigenvalue weighted by Gasteiger charge is -2.37. The standard InChI is InChI=1S/C24H26P/c1-3-20-17-25(21-12-6-4-7-13-21,22-14-8-5-9-15-22)18-24-19(2)11-10-16-23(20)24/h4-16,20H,3,17-18H2,1-2H3/q+1. The second-order valence-electron chi connectivity index (χ2n) is 7.23. The van der Waals surface area contributed by atoms with Crippen molar-refractivity contribution in [3.05, 3.63) is 95.6 Å². The molecule has 0 saturated carbocycles. The van der Waals surface area contributed by atoms with Crippen molar-refractivity contribution in [2.24, 2.45) is 0 Å². The molecule has 0 aromatic heterocycles. The Kier molecular flexibility index (Phi) is 4.48. The van der Waals surface area contributed by atoms with Crippen LogP contribution in [0.1, 0.15) is 36.0 Å². The van der Waals surface area contributed by atoms with Crippen LogP contribution in [0.5, 0.6) is 0 Å². The van der Waals surface area contributed by atoms with Crippen LogP contribution in [-0.4, -0.2) is 6.16 Å². The summed E-state index contributed by atoms with van der Waals surface area (Å²) in [5, 5.41) is 3.13. The minimum atomic E-state index is -1.43. The topological polar surface area (TPSA) is 0 Å². The van der Waals surface area contributed by atoms with Crippen molar-refractivity contribution in [3.63, 3.8) is 0 Å². The lowest BCUT2D eigenvalue weighted by molar-refractivity contribution is 0.720. The van der Waals surface area contributed by atoms with E-state index in [1.807, 2.05) is 0 Å². The van der Waals surface area contributed by atoms with Gasteiger partial charge >= 0.3 is 0 Å². The van der Waals surface area contributed by atoms with Crippen LogP contribution < -0.4 is 10.6 Å². The van der Waals surface area contributed by atoms with Crippen LogP contribution in [0.15, 0.2) is 78.9 Å². The van der Waals surface area contributed by atoms with Crippen LogP contribution in [0, 0.1) is 6.92 Å². The molecule has 0 radical (unpaired) electrons. The van der Waals surface area contributed by atoms with Crippen LogP contribution in [0.25, 0.3) is 0 Å². The summed E-state index contributed by atoms with van der Waals surface area (Å²) in [4.78, 5) is 0. The van der Waals surface area contributed by atoms with Crippen molar-refractivity contribution in [3.8, 4) is 0 Å². The van der Waals surface area contributed by atoms with E-state index in [0.717, 1.165) is 0 Å². The molecule has 1 aliphatic rings. The maximum absolute atomic E-state index is 2.38. The fourth-order valence-electron chi connectivity index (χ4n) is 4.45. The fraction of sp³-hybridized carbons (Fsp3) is 0.250. The SMILES string of the molecule is CCC1C[P+](c2ccccc2)(c2ccccc2)Cc2c(C)cccc21. The van der Waals surface area contributed by atoms with Gasteiger partial charge in [-0.15, -0.1) is 0 Å². The summed E-state index contributed by atoms with van der Waals surface area (Å²) in [5.74, 6) is 0.664. The molecule has 25 heavy (non-hydrogen) atoms. The molecule has 0 aliphatic carbocycles. The second kappa shape index (κ2) is 6.77. The molecule has 1 unspecified atom stereocenters. The molecule has 0 amide bonds. The minimum Gasteiger partial charge on any atom is -0.0647 e. The van der Waals surface area contributed by atoms with E-state index in [2.05, 4.69) is 92.7 Å². The van der Waals surface area contributed by atoms with Gasteiger partial charge in [-0.3, -0.25) is 0 Å². The van der Waals surface area contributed by atoms with E-state index in [-0.39, 0.29) is 0 Å². The number of benzene rings is 3. The second-order valence-corrected chi connectivity index (χ2v) is 10.9. The lowest BCUT2D eigenvalue weighted by Crippen LogP contribution is -2.32. The van der Waals surface area contributed by atoms with Gasteiger partial charge in [0.2, 0.25) is 0 Å². The molecule has 0 spiro atoms. The van der Waals surface area contributed by atoms with Crippen LogP contribution >= 0.6 is 7.26 Å². The largest absolute Gasteiger partial charge is 0.0995 e. The summed E-state index contributed by atoms with van der Waals surface area (Å²) in [6, 6.07) is 29.6. The molecule has 0 bridgehead atoms. The van der Waals surface area contributed by atoms with Gasteiger partial charge in [-0.2, -0.15) is 0 Å². The molecule has 1 heteroatoms. The molecule has 1 atom stereocenters. The van der Waals surface area contributed by atoms with Crippen molar-refractivity contribution in [2.45, 2.75) is 32.3 Å². The Hall–Kier alpha value is -1.91. The van der Waals surface area contributed by atoms with E-state index in [1.165, 1.54) is 24.3 Å². The Labute approximate surface area is 152 Å². The number of fused-ring (bicyclic) bond motifs is 1. The first-order valence-electron chi connectivity index (χ1n) is 9.31. The number of rotatable bonds is 3. The Morgan fingerprint density at radius 2 is 1.40 bits per heavy atom. The zero-order chi connectivity index (χ0) is 17.3. The maximum atomic E-state index is 2.38. The molecule has 1 heterocycles. The quantitative estimate of drug-likeness (QED) is 0.537. The molecule has 4 rings (SSSR count). The van der Waals surface area contributed by atoms with E-state index in [0.29, 0.717) is 5.92 Å². The van der Waals surface area contributed by atoms with Gasteiger partial charge in [0.15, 0.2) is 0 Å². The Morgan fingerprint density at radius 1 is 0.800 bits per heavy atom. The molecule has 0 saturated heterocycles. The number of hydrogen-bond donors (Lipinski definition) is 0. The van der Waals surface area contributed by atoms with Gasteiger partial charge in [-0.25, -0.2) is 0 Å². The molecule has 0 fully saturated rings. The van der Waals surface area contributed by atoms with Crippen molar-refractivity contribution >= 4 is 17.9 Å². The van der Waals surface area contributed by atoms with Gasteiger partial charge in [-0.1, -0.05) is 61.5 Å². The average molecular weight is 345 g/mol. The van der Waals surface area contributed by atoms with Crippen molar-refractivity contribution < 1.29 is 0 Å². The molecule has 3 aromatic carbocycles. The van der Waals surface area contributed by atoms with Crippen molar-refractivity contribution in [1.29, 1.82) is 0 Å². The third-order valence-electron chi connectivity index (χ3n) is 5.84. The van der Waals surface area contributed by atoms with Crippen molar-refractivity contribution in [2.75, 3.05) is 6.16 Å². The van der Waals surface area contributed by atoms with Gasteiger partial charge < -0.3 is 0 Å². The number of aryl methyl sites for hydroxylation is 1. The predicted octanol–water partition coefficient (Wildman–Crippen LogP) is 5.67. The van der Waals surface area contributed by atoms with E-state index in [4.69, 9.17) is 0 Å². The first-order chi connectivity index (χ1) is 12.2. The van der Waals surface area contributed by atoms with Gasteiger partial charge in [0, 0.05) is 5.92 Å². The van der Waals surface area contributed by atoms with E-state index in [9.17, 15) is 0 Å². The zero-order valence-corrected chi connectivity index (χ0v) is 16.0. The normalized spacial score (nSPS) is 18.6. The van der Waals surface area contributed by atoms with Crippen molar-refractivity contribution in [1.82, 2.24) is 0 Å². The lowest BCUT2D eigenvalue weighted by atomic mass is 9.91. The molecule has 1 aliphatic heterocycles. The van der Waals surface area contributed by atoms with Crippen LogP contribution in [0.2, 0.25) is 0 Å². The summed E-state index contributed by atoms with van der Waals surface area (Å²) in [6.07, 6.45) is 3.73. The summed E-state index contributed by atoms with van der Waals surface area (Å²) in [5.41, 5.74) is 4.68. The zero-order valence-electron chi connectivity index (χ0n) is 15.2. The summed E-state index contributed by atoms with van der Waals surface area (Å²) in [7, 11) is -1.43. The Balaban J connectivity index is 1.96. The summed E-state index contributed by atoms with van der Waals surface area (Å²) >= 11 is 0. The molecule has 0 N–H and O–H groups in total. The predicted molar refractivity (Wildman–Crippen MR) is 112 cm³/mol. The molecule has 126 valence electrons. The maximum Gasteiger partial charge on any atom is 0.0995 e. The molecule has 3 aromatic rings. The average Bonchev–Trinajstić information content (AvgIpc) is 2.69. The molecule has 0 nitrogen and oxygen atoms in total. The fourth-order valence-corrected chi connectivity index (χ4v) is 9.33. The van der Waals surface area contributed by atoms with Gasteiger partial charge in [-0.05, 0) is 54.3 Å². The highest BCUT2D eigenvalue weighted by Crippen LogP contribution is 2.65. The van der Waals surface area contributed by atoms with E-state index >= 15 is 0 Å². The van der Waals surface area contributed by atoms with Crippen LogP contribution in [0.4, 0.5) is 0 Å². The smallest absolute Gasteiger partial charge is 0.0647 e. The monoisotopic (exact) mass is 345 g/mol. The van der Waals surface area contributed by atoms with Gasteiger partial charge in [0.1, 0.15) is 0 Å². The molecular formula is C24H26P+. The van der Waals surface area contributed by atoms with Crippen LogP contribution in [-0.2, 0) is 6.16 Å². The van der Waals surface area contributed by atoms with Gasteiger partial charge in [0.05, 0.1) is 30.2 Å². The minimum absolute atomic E-state index is 0.664. The highest BCUT2D eigenvalue weighted by atomic mass is 31.2. The summed E-state index contributed by atoms with van der Waals surface area (Å²) in [6.45, 7) is 4.65. The molecular weight excluding hydrogens is 319 g/mol. The van der Waals surface area contributed by atoms with Gasteiger partial charge in [0.25, 0.3) is 0 Å². The Morgan fingerprint density at radius 3 is 1.96 bits per heavy atom. The van der Waals surface area contributed by atoms with Crippen LogP contribution in [0.3, 0.4) is 0 Å². The first-order valence-corrected chi connectivity index (χ1v) is 11.5. The Bertz CT molecular complexity index is 812.